The molecule has 3 aromatic carbocycles. The molecule has 1 aliphatic carbocycles. The van der Waals surface area contributed by atoms with Gasteiger partial charge in [0.05, 0.1) is 0 Å². The van der Waals surface area contributed by atoms with Crippen LogP contribution in [0.1, 0.15) is 48.7 Å². The van der Waals surface area contributed by atoms with Crippen LogP contribution in [-0.4, -0.2) is 14.1 Å². The highest BCUT2D eigenvalue weighted by molar-refractivity contribution is 7.00. The SMILES string of the molecule is C=CCc1c(O[Si](c2ccccc2)(c2ccccc2)C(C)(C)C)ccc2c1C(=O)CC2. The number of Topliss-reactive ketones (excluding diaryl/α,β-unsaturated/α-hetero) is 1. The van der Waals surface area contributed by atoms with E-state index in [-0.39, 0.29) is 10.8 Å². The molecular formula is C28H30O2Si. The second-order valence-corrected chi connectivity index (χ2v) is 13.5. The Morgan fingerprint density at radius 3 is 2.00 bits per heavy atom. The van der Waals surface area contributed by atoms with Crippen molar-refractivity contribution in [1.29, 1.82) is 0 Å². The van der Waals surface area contributed by atoms with E-state index in [2.05, 4.69) is 88.0 Å². The van der Waals surface area contributed by atoms with Gasteiger partial charge in [0.25, 0.3) is 0 Å². The highest BCUT2D eigenvalue weighted by atomic mass is 28.4. The molecule has 0 fully saturated rings. The highest BCUT2D eigenvalue weighted by Gasteiger charge is 2.52. The molecule has 0 heterocycles. The number of ketones is 1. The van der Waals surface area contributed by atoms with Gasteiger partial charge in [0.1, 0.15) is 5.75 Å². The van der Waals surface area contributed by atoms with E-state index < -0.39 is 8.32 Å². The fourth-order valence-corrected chi connectivity index (χ4v) is 9.32. The molecule has 0 atom stereocenters. The smallest absolute Gasteiger partial charge is 0.319 e. The summed E-state index contributed by atoms with van der Waals surface area (Å²) in [4.78, 5) is 12.7. The largest absolute Gasteiger partial charge is 0.534 e. The minimum Gasteiger partial charge on any atom is -0.534 e. The Labute approximate surface area is 186 Å². The number of aryl methyl sites for hydroxylation is 1. The first-order valence-corrected chi connectivity index (χ1v) is 12.9. The van der Waals surface area contributed by atoms with Crippen LogP contribution in [0.25, 0.3) is 0 Å². The number of fused-ring (bicyclic) bond motifs is 1. The van der Waals surface area contributed by atoms with Gasteiger partial charge in [-0.3, -0.25) is 4.79 Å². The van der Waals surface area contributed by atoms with E-state index in [9.17, 15) is 4.79 Å². The van der Waals surface area contributed by atoms with E-state index >= 15 is 0 Å². The van der Waals surface area contributed by atoms with Gasteiger partial charge in [-0.1, -0.05) is 93.6 Å². The van der Waals surface area contributed by atoms with Crippen molar-refractivity contribution in [3.8, 4) is 5.75 Å². The number of allylic oxidation sites excluding steroid dienone is 1. The van der Waals surface area contributed by atoms with Crippen molar-refractivity contribution in [2.45, 2.75) is 45.1 Å². The minimum absolute atomic E-state index is 0.135. The maximum atomic E-state index is 12.7. The minimum atomic E-state index is -2.75. The molecule has 0 N–H and O–H groups in total. The summed E-state index contributed by atoms with van der Waals surface area (Å²) in [6.45, 7) is 10.8. The van der Waals surface area contributed by atoms with Crippen LogP contribution in [0.4, 0.5) is 0 Å². The van der Waals surface area contributed by atoms with Gasteiger partial charge in [-0.2, -0.15) is 0 Å². The number of carbonyl (C=O) groups is 1. The lowest BCUT2D eigenvalue weighted by molar-refractivity contribution is 0.0993. The maximum Gasteiger partial charge on any atom is 0.319 e. The Balaban J connectivity index is 1.98. The lowest BCUT2D eigenvalue weighted by Gasteiger charge is -2.43. The van der Waals surface area contributed by atoms with Crippen molar-refractivity contribution >= 4 is 24.5 Å². The predicted molar refractivity (Wildman–Crippen MR) is 131 cm³/mol. The standard InChI is InChI=1S/C28H30O2Si/c1-5-12-24-26(20-18-21-17-19-25(29)27(21)24)30-31(28(2,3)4,22-13-8-6-9-14-22)23-15-10-7-11-16-23/h5-11,13-16,18,20H,1,12,17,19H2,2-4H3. The van der Waals surface area contributed by atoms with Crippen molar-refractivity contribution in [1.82, 2.24) is 0 Å². The van der Waals surface area contributed by atoms with Gasteiger partial charge < -0.3 is 4.43 Å². The Kier molecular flexibility index (Phi) is 5.72. The monoisotopic (exact) mass is 426 g/mol. The summed E-state index contributed by atoms with van der Waals surface area (Å²) >= 11 is 0. The van der Waals surface area contributed by atoms with Crippen molar-refractivity contribution in [3.05, 3.63) is 102 Å². The third-order valence-electron chi connectivity index (χ3n) is 6.28. The van der Waals surface area contributed by atoms with Crippen LogP contribution in [0.15, 0.2) is 85.5 Å². The molecule has 0 amide bonds. The highest BCUT2D eigenvalue weighted by Crippen LogP contribution is 2.40. The lowest BCUT2D eigenvalue weighted by Crippen LogP contribution is -2.68. The molecule has 3 aromatic rings. The Morgan fingerprint density at radius 2 is 1.48 bits per heavy atom. The lowest BCUT2D eigenvalue weighted by atomic mass is 9.99. The molecule has 31 heavy (non-hydrogen) atoms. The molecule has 1 aliphatic rings. The van der Waals surface area contributed by atoms with E-state index in [4.69, 9.17) is 4.43 Å². The van der Waals surface area contributed by atoms with Crippen molar-refractivity contribution in [2.24, 2.45) is 0 Å². The fraction of sp³-hybridized carbons (Fsp3) is 0.250. The number of hydrogen-bond acceptors (Lipinski definition) is 2. The first-order valence-electron chi connectivity index (χ1n) is 11.0. The van der Waals surface area contributed by atoms with Gasteiger partial charge in [0.15, 0.2) is 5.78 Å². The summed E-state index contributed by atoms with van der Waals surface area (Å²) in [6.07, 6.45) is 3.90. The topological polar surface area (TPSA) is 26.3 Å². The van der Waals surface area contributed by atoms with Crippen LogP contribution >= 0.6 is 0 Å². The van der Waals surface area contributed by atoms with E-state index in [1.54, 1.807) is 0 Å². The molecule has 0 bridgehead atoms. The molecule has 0 unspecified atom stereocenters. The van der Waals surface area contributed by atoms with Crippen LogP contribution in [0.5, 0.6) is 5.75 Å². The first kappa shape index (κ1) is 21.3. The average Bonchev–Trinajstić information content (AvgIpc) is 3.15. The van der Waals surface area contributed by atoms with Crippen LogP contribution in [0.2, 0.25) is 5.04 Å². The molecule has 3 heteroatoms. The maximum absolute atomic E-state index is 12.7. The van der Waals surface area contributed by atoms with Gasteiger partial charge in [-0.05, 0) is 39.9 Å². The number of carbonyl (C=O) groups excluding carboxylic acids is 1. The van der Waals surface area contributed by atoms with Crippen molar-refractivity contribution in [2.75, 3.05) is 0 Å². The summed E-state index contributed by atoms with van der Waals surface area (Å²) in [5.41, 5.74) is 2.98. The fourth-order valence-electron chi connectivity index (χ4n) is 4.86. The Hall–Kier alpha value is -2.91. The van der Waals surface area contributed by atoms with Crippen LogP contribution in [0, 0.1) is 0 Å². The molecule has 0 aliphatic heterocycles. The molecule has 2 nitrogen and oxygen atoms in total. The number of rotatable bonds is 6. The third kappa shape index (κ3) is 3.68. The molecule has 4 rings (SSSR count). The Bertz CT molecular complexity index is 1060. The van der Waals surface area contributed by atoms with Gasteiger partial charge >= 0.3 is 8.32 Å². The van der Waals surface area contributed by atoms with Crippen LogP contribution in [0.3, 0.4) is 0 Å². The number of hydrogen-bond donors (Lipinski definition) is 0. The van der Waals surface area contributed by atoms with E-state index in [1.807, 2.05) is 18.2 Å². The first-order chi connectivity index (χ1) is 14.9. The summed E-state index contributed by atoms with van der Waals surface area (Å²) < 4.78 is 7.23. The van der Waals surface area contributed by atoms with Gasteiger partial charge in [-0.15, -0.1) is 6.58 Å². The third-order valence-corrected chi connectivity index (χ3v) is 11.2. The predicted octanol–water partition coefficient (Wildman–Crippen LogP) is 5.48. The van der Waals surface area contributed by atoms with Crippen molar-refractivity contribution in [3.63, 3.8) is 0 Å². The molecule has 0 saturated carbocycles. The molecule has 0 saturated heterocycles. The van der Waals surface area contributed by atoms with E-state index in [0.717, 1.165) is 28.9 Å². The summed E-state index contributed by atoms with van der Waals surface area (Å²) in [5, 5.41) is 2.32. The summed E-state index contributed by atoms with van der Waals surface area (Å²) in [6, 6.07) is 25.4. The molecular weight excluding hydrogens is 396 g/mol. The normalized spacial score (nSPS) is 13.7. The van der Waals surface area contributed by atoms with Crippen LogP contribution < -0.4 is 14.8 Å². The molecule has 0 aromatic heterocycles. The van der Waals surface area contributed by atoms with Gasteiger partial charge in [-0.25, -0.2) is 0 Å². The van der Waals surface area contributed by atoms with Gasteiger partial charge in [0, 0.05) is 17.5 Å². The van der Waals surface area contributed by atoms with E-state index in [1.165, 1.54) is 10.4 Å². The van der Waals surface area contributed by atoms with Crippen LogP contribution in [-0.2, 0) is 12.8 Å². The summed E-state index contributed by atoms with van der Waals surface area (Å²) in [7, 11) is -2.75. The second-order valence-electron chi connectivity index (χ2n) is 9.26. The number of benzene rings is 3. The molecule has 0 spiro atoms. The Morgan fingerprint density at radius 1 is 0.903 bits per heavy atom. The molecule has 158 valence electrons. The van der Waals surface area contributed by atoms with E-state index in [0.29, 0.717) is 12.8 Å². The second kappa shape index (κ2) is 8.31. The quantitative estimate of drug-likeness (QED) is 0.385. The zero-order chi connectivity index (χ0) is 22.1. The summed E-state index contributed by atoms with van der Waals surface area (Å²) in [5.74, 6) is 1.04. The zero-order valence-corrected chi connectivity index (χ0v) is 19.7. The zero-order valence-electron chi connectivity index (χ0n) is 18.7. The average molecular weight is 427 g/mol. The van der Waals surface area contributed by atoms with Crippen molar-refractivity contribution < 1.29 is 9.22 Å². The molecule has 0 radical (unpaired) electrons. The van der Waals surface area contributed by atoms with Gasteiger partial charge in [0.2, 0.25) is 0 Å².